The highest BCUT2D eigenvalue weighted by atomic mass is 79.9. The molecule has 0 radical (unpaired) electrons. The molecule has 1 rings (SSSR count). The average Bonchev–Trinajstić information content (AvgIpc) is 2.40. The number of amides is 1. The molecule has 1 amide bonds. The highest BCUT2D eigenvalue weighted by molar-refractivity contribution is 9.10. The number of ether oxygens (including phenoxy) is 1. The molecule has 0 saturated heterocycles. The highest BCUT2D eigenvalue weighted by Gasteiger charge is 2.23. The van der Waals surface area contributed by atoms with E-state index in [0.717, 1.165) is 12.1 Å². The van der Waals surface area contributed by atoms with Crippen LogP contribution in [0.4, 0.5) is 4.39 Å². The van der Waals surface area contributed by atoms with Gasteiger partial charge >= 0.3 is 0 Å². The van der Waals surface area contributed by atoms with Crippen molar-refractivity contribution in [2.45, 2.75) is 11.8 Å². The smallest absolute Gasteiger partial charge is 0.262 e. The molecule has 0 spiro atoms. The van der Waals surface area contributed by atoms with Crippen LogP contribution in [-0.2, 0) is 13.8 Å². The zero-order valence-electron chi connectivity index (χ0n) is 11.4. The van der Waals surface area contributed by atoms with E-state index in [9.17, 15) is 17.6 Å². The normalized spacial score (nSPS) is 11.5. The van der Waals surface area contributed by atoms with E-state index >= 15 is 0 Å². The Morgan fingerprint density at radius 3 is 2.57 bits per heavy atom. The Hall–Kier alpha value is -0.700. The number of hydrogen-bond acceptors (Lipinski definition) is 4. The summed E-state index contributed by atoms with van der Waals surface area (Å²) in [6.07, 6.45) is 0. The van der Waals surface area contributed by atoms with E-state index in [2.05, 4.69) is 15.9 Å². The van der Waals surface area contributed by atoms with E-state index in [1.54, 1.807) is 6.92 Å². The Bertz CT molecular complexity index is 638. The second-order valence-electron chi connectivity index (χ2n) is 4.09. The number of carbonyl (C=O) groups excluding carboxylic acids is 1. The Labute approximate surface area is 135 Å². The van der Waals surface area contributed by atoms with Crippen LogP contribution in [-0.4, -0.2) is 46.0 Å². The molecule has 9 heteroatoms. The predicted molar refractivity (Wildman–Crippen MR) is 80.6 cm³/mol. The summed E-state index contributed by atoms with van der Waals surface area (Å²) >= 11 is 2.81. The van der Waals surface area contributed by atoms with Gasteiger partial charge in [-0.1, -0.05) is 0 Å². The van der Waals surface area contributed by atoms with Gasteiger partial charge in [0.2, 0.25) is 0 Å². The van der Waals surface area contributed by atoms with E-state index in [4.69, 9.17) is 15.4 Å². The van der Waals surface area contributed by atoms with Crippen molar-refractivity contribution in [1.29, 1.82) is 0 Å². The van der Waals surface area contributed by atoms with E-state index in [1.165, 1.54) is 12.0 Å². The zero-order valence-corrected chi connectivity index (χ0v) is 14.6. The molecule has 118 valence electrons. The van der Waals surface area contributed by atoms with Crippen LogP contribution in [0, 0.1) is 5.82 Å². The van der Waals surface area contributed by atoms with Crippen molar-refractivity contribution in [2.24, 2.45) is 0 Å². The second kappa shape index (κ2) is 7.53. The van der Waals surface area contributed by atoms with Crippen molar-refractivity contribution in [3.8, 4) is 0 Å². The van der Waals surface area contributed by atoms with Gasteiger partial charge in [-0.2, -0.15) is 0 Å². The van der Waals surface area contributed by atoms with Crippen LogP contribution < -0.4 is 0 Å². The lowest BCUT2D eigenvalue weighted by molar-refractivity contribution is 0.0705. The van der Waals surface area contributed by atoms with Gasteiger partial charge in [-0.15, -0.1) is 0 Å². The second-order valence-corrected chi connectivity index (χ2v) is 7.41. The first-order valence-electron chi connectivity index (χ1n) is 5.94. The van der Waals surface area contributed by atoms with Crippen LogP contribution in [0.5, 0.6) is 0 Å². The summed E-state index contributed by atoms with van der Waals surface area (Å²) in [5.41, 5.74) is -0.0899. The summed E-state index contributed by atoms with van der Waals surface area (Å²) in [6.45, 7) is 2.76. The van der Waals surface area contributed by atoms with Gasteiger partial charge in [0.15, 0.2) is 0 Å². The van der Waals surface area contributed by atoms with Crippen molar-refractivity contribution in [2.75, 3.05) is 26.8 Å². The number of benzene rings is 1. The first-order valence-corrected chi connectivity index (χ1v) is 9.04. The van der Waals surface area contributed by atoms with Crippen molar-refractivity contribution in [3.05, 3.63) is 28.0 Å². The van der Waals surface area contributed by atoms with Crippen molar-refractivity contribution < 1.29 is 22.3 Å². The van der Waals surface area contributed by atoms with Gasteiger partial charge in [0.1, 0.15) is 10.7 Å². The number of halogens is 3. The molecule has 0 aliphatic carbocycles. The molecule has 0 unspecified atom stereocenters. The van der Waals surface area contributed by atoms with Gasteiger partial charge in [0.05, 0.1) is 11.1 Å². The lowest BCUT2D eigenvalue weighted by Gasteiger charge is -2.21. The van der Waals surface area contributed by atoms with Crippen LogP contribution in [0.15, 0.2) is 21.5 Å². The number of likely N-dealkylation sites (N-methyl/N-ethyl adjacent to an activating group) is 1. The summed E-state index contributed by atoms with van der Waals surface area (Å²) in [5, 5.41) is 0. The number of carbonyl (C=O) groups is 1. The quantitative estimate of drug-likeness (QED) is 0.686. The maximum atomic E-state index is 13.8. The van der Waals surface area contributed by atoms with Crippen LogP contribution in [0.1, 0.15) is 17.3 Å². The van der Waals surface area contributed by atoms with Crippen molar-refractivity contribution in [1.82, 2.24) is 4.90 Å². The Kier molecular flexibility index (Phi) is 6.58. The number of hydrogen-bond donors (Lipinski definition) is 0. The molecule has 0 aliphatic heterocycles. The molecule has 0 aliphatic rings. The summed E-state index contributed by atoms with van der Waals surface area (Å²) in [7, 11) is 2.56. The lowest BCUT2D eigenvalue weighted by atomic mass is 10.2. The van der Waals surface area contributed by atoms with Crippen molar-refractivity contribution >= 4 is 41.6 Å². The van der Waals surface area contributed by atoms with Gasteiger partial charge in [0.25, 0.3) is 15.0 Å². The minimum absolute atomic E-state index is 0.0899. The predicted octanol–water partition coefficient (Wildman–Crippen LogP) is 2.62. The van der Waals surface area contributed by atoms with Crippen LogP contribution >= 0.6 is 26.6 Å². The molecule has 5 nitrogen and oxygen atoms in total. The molecule has 0 heterocycles. The highest BCUT2D eigenvalue weighted by Crippen LogP contribution is 2.29. The number of nitrogens with zero attached hydrogens (tertiary/aromatic N) is 1. The molecule has 0 atom stereocenters. The molecule has 0 N–H and O–H groups in total. The first-order chi connectivity index (χ1) is 9.72. The van der Waals surface area contributed by atoms with Gasteiger partial charge in [-0.25, -0.2) is 12.8 Å². The monoisotopic (exact) mass is 401 g/mol. The van der Waals surface area contributed by atoms with Gasteiger partial charge in [0, 0.05) is 36.4 Å². The molecule has 0 bridgehead atoms. The molecule has 1 aromatic carbocycles. The fraction of sp³-hybridized carbons (Fsp3) is 0.417. The van der Waals surface area contributed by atoms with E-state index < -0.39 is 25.7 Å². The SMILES string of the molecule is CCN(CCOC)C(=O)c1cc(F)c(Br)c(S(=O)(=O)Cl)c1. The third-order valence-corrected chi connectivity index (χ3v) is 5.15. The van der Waals surface area contributed by atoms with E-state index in [0.29, 0.717) is 19.7 Å². The minimum atomic E-state index is -4.17. The third-order valence-electron chi connectivity index (χ3n) is 2.74. The van der Waals surface area contributed by atoms with Gasteiger partial charge in [-0.3, -0.25) is 4.79 Å². The molecule has 0 saturated carbocycles. The largest absolute Gasteiger partial charge is 0.383 e. The van der Waals surface area contributed by atoms with Gasteiger partial charge < -0.3 is 9.64 Å². The minimum Gasteiger partial charge on any atom is -0.383 e. The molecule has 0 fully saturated rings. The standard InChI is InChI=1S/C12H14BrClFNO4S/c1-3-16(4-5-20-2)12(17)8-6-9(15)11(13)10(7-8)21(14,18)19/h6-7H,3-5H2,1-2H3. The topological polar surface area (TPSA) is 63.7 Å². The number of rotatable bonds is 6. The average molecular weight is 403 g/mol. The van der Waals surface area contributed by atoms with Gasteiger partial charge in [-0.05, 0) is 35.0 Å². The Balaban J connectivity index is 3.25. The fourth-order valence-electron chi connectivity index (χ4n) is 1.65. The summed E-state index contributed by atoms with van der Waals surface area (Å²) < 4.78 is 41.2. The Morgan fingerprint density at radius 2 is 2.10 bits per heavy atom. The molecule has 1 aromatic rings. The molecular weight excluding hydrogens is 389 g/mol. The molecule has 21 heavy (non-hydrogen) atoms. The third kappa shape index (κ3) is 4.64. The van der Waals surface area contributed by atoms with Crippen molar-refractivity contribution in [3.63, 3.8) is 0 Å². The first kappa shape index (κ1) is 18.3. The van der Waals surface area contributed by atoms with E-state index in [-0.39, 0.29) is 10.0 Å². The Morgan fingerprint density at radius 1 is 1.48 bits per heavy atom. The maximum Gasteiger partial charge on any atom is 0.262 e. The summed E-state index contributed by atoms with van der Waals surface area (Å²) in [5.74, 6) is -1.37. The maximum absolute atomic E-state index is 13.8. The summed E-state index contributed by atoms with van der Waals surface area (Å²) in [6, 6.07) is 2.01. The zero-order chi connectivity index (χ0) is 16.2. The molecule has 0 aromatic heterocycles. The lowest BCUT2D eigenvalue weighted by Crippen LogP contribution is -2.33. The number of methoxy groups -OCH3 is 1. The summed E-state index contributed by atoms with van der Waals surface area (Å²) in [4.78, 5) is 13.2. The van der Waals surface area contributed by atoms with E-state index in [1.807, 2.05) is 0 Å². The fourth-order valence-corrected chi connectivity index (χ4v) is 3.74. The van der Waals surface area contributed by atoms with Crippen LogP contribution in [0.3, 0.4) is 0 Å². The van der Waals surface area contributed by atoms with Crippen LogP contribution in [0.2, 0.25) is 0 Å². The van der Waals surface area contributed by atoms with Crippen LogP contribution in [0.25, 0.3) is 0 Å². The molecular formula is C12H14BrClFNO4S.